The maximum atomic E-state index is 5.51. The maximum absolute atomic E-state index is 5.51. The lowest BCUT2D eigenvalue weighted by Crippen LogP contribution is -2.28. The van der Waals surface area contributed by atoms with Gasteiger partial charge in [0.2, 0.25) is 12.7 Å². The molecular formula is C18H17N5O3. The highest BCUT2D eigenvalue weighted by molar-refractivity contribution is 5.47. The topological polar surface area (TPSA) is 83.3 Å². The summed E-state index contributed by atoms with van der Waals surface area (Å²) in [6.07, 6.45) is 0.796. The lowest BCUT2D eigenvalue weighted by molar-refractivity contribution is 0.174. The Bertz CT molecular complexity index is 958. The molecule has 0 saturated carbocycles. The third-order valence-corrected chi connectivity index (χ3v) is 4.83. The molecule has 0 spiro atoms. The summed E-state index contributed by atoms with van der Waals surface area (Å²) < 4.78 is 18.1. The van der Waals surface area contributed by atoms with Crippen molar-refractivity contribution in [2.75, 3.05) is 19.2 Å². The standard InChI is InChI=1S/C18H17N5O3/c1-24-13-4-2-3-12(7-13)15-9-14(19-18-20-21-22-23(15)18)11-5-6-16-17(8-11)26-10-25-16/h2-8,14-15H,9-10H2,1H3,(H,19,20,22). The van der Waals surface area contributed by atoms with Gasteiger partial charge in [0.1, 0.15) is 5.75 Å². The van der Waals surface area contributed by atoms with Gasteiger partial charge in [0.25, 0.3) is 0 Å². The predicted octanol–water partition coefficient (Wildman–Crippen LogP) is 2.56. The minimum atomic E-state index is 0.00627. The number of tetrazole rings is 1. The van der Waals surface area contributed by atoms with Crippen LogP contribution in [0.25, 0.3) is 0 Å². The van der Waals surface area contributed by atoms with E-state index in [1.165, 1.54) is 0 Å². The lowest BCUT2D eigenvalue weighted by atomic mass is 9.93. The van der Waals surface area contributed by atoms with Gasteiger partial charge < -0.3 is 19.5 Å². The molecule has 2 aliphatic rings. The van der Waals surface area contributed by atoms with Crippen molar-refractivity contribution in [2.24, 2.45) is 0 Å². The van der Waals surface area contributed by atoms with Gasteiger partial charge in [-0.2, -0.15) is 0 Å². The second-order valence-corrected chi connectivity index (χ2v) is 6.28. The number of rotatable bonds is 3. The van der Waals surface area contributed by atoms with Crippen LogP contribution in [0.2, 0.25) is 0 Å². The monoisotopic (exact) mass is 351 g/mol. The molecule has 0 bridgehead atoms. The molecule has 5 rings (SSSR count). The fourth-order valence-corrected chi connectivity index (χ4v) is 3.51. The molecule has 8 nitrogen and oxygen atoms in total. The molecule has 1 aromatic heterocycles. The largest absolute Gasteiger partial charge is 0.497 e. The van der Waals surface area contributed by atoms with Crippen LogP contribution in [0, 0.1) is 0 Å². The summed E-state index contributed by atoms with van der Waals surface area (Å²) in [5.41, 5.74) is 2.21. The van der Waals surface area contributed by atoms with E-state index in [1.54, 1.807) is 7.11 Å². The van der Waals surface area contributed by atoms with Crippen molar-refractivity contribution in [1.82, 2.24) is 20.2 Å². The molecule has 0 aliphatic carbocycles. The first kappa shape index (κ1) is 15.0. The quantitative estimate of drug-likeness (QED) is 0.776. The van der Waals surface area contributed by atoms with Gasteiger partial charge in [-0.1, -0.05) is 23.3 Å². The van der Waals surface area contributed by atoms with Crippen LogP contribution in [0.4, 0.5) is 5.95 Å². The molecular weight excluding hydrogens is 334 g/mol. The zero-order valence-electron chi connectivity index (χ0n) is 14.1. The van der Waals surface area contributed by atoms with E-state index in [4.69, 9.17) is 14.2 Å². The number of nitrogens with zero attached hydrogens (tertiary/aromatic N) is 4. The van der Waals surface area contributed by atoms with E-state index in [0.29, 0.717) is 5.95 Å². The van der Waals surface area contributed by atoms with Crippen molar-refractivity contribution in [3.63, 3.8) is 0 Å². The molecule has 2 unspecified atom stereocenters. The van der Waals surface area contributed by atoms with E-state index in [1.807, 2.05) is 41.1 Å². The minimum Gasteiger partial charge on any atom is -0.497 e. The van der Waals surface area contributed by atoms with Gasteiger partial charge in [-0.15, -0.1) is 0 Å². The van der Waals surface area contributed by atoms with E-state index in [9.17, 15) is 0 Å². The van der Waals surface area contributed by atoms with Crippen LogP contribution in [-0.4, -0.2) is 34.1 Å². The van der Waals surface area contributed by atoms with Gasteiger partial charge >= 0.3 is 0 Å². The Morgan fingerprint density at radius 2 is 2.04 bits per heavy atom. The van der Waals surface area contributed by atoms with Crippen molar-refractivity contribution in [3.8, 4) is 17.2 Å². The van der Waals surface area contributed by atoms with Gasteiger partial charge in [0.15, 0.2) is 11.5 Å². The molecule has 0 amide bonds. The molecule has 8 heteroatoms. The summed E-state index contributed by atoms with van der Waals surface area (Å²) in [7, 11) is 1.67. The Morgan fingerprint density at radius 1 is 1.12 bits per heavy atom. The zero-order chi connectivity index (χ0) is 17.5. The Hall–Kier alpha value is -3.29. The Morgan fingerprint density at radius 3 is 2.96 bits per heavy atom. The summed E-state index contributed by atoms with van der Waals surface area (Å²) in [5.74, 6) is 3.01. The Labute approximate surface area is 149 Å². The summed E-state index contributed by atoms with van der Waals surface area (Å²) in [5, 5.41) is 15.5. The van der Waals surface area contributed by atoms with E-state index < -0.39 is 0 Å². The van der Waals surface area contributed by atoms with Gasteiger partial charge in [-0.05, 0) is 52.2 Å². The molecule has 3 heterocycles. The molecule has 3 aromatic rings. The van der Waals surface area contributed by atoms with Crippen LogP contribution in [0.15, 0.2) is 42.5 Å². The predicted molar refractivity (Wildman–Crippen MR) is 92.5 cm³/mol. The van der Waals surface area contributed by atoms with Crippen LogP contribution in [0.5, 0.6) is 17.2 Å². The molecule has 0 fully saturated rings. The third kappa shape index (κ3) is 2.42. The van der Waals surface area contributed by atoms with Crippen LogP contribution >= 0.6 is 0 Å². The molecule has 0 radical (unpaired) electrons. The zero-order valence-corrected chi connectivity index (χ0v) is 14.1. The molecule has 1 N–H and O–H groups in total. The minimum absolute atomic E-state index is 0.00627. The van der Waals surface area contributed by atoms with Crippen molar-refractivity contribution in [3.05, 3.63) is 53.6 Å². The molecule has 2 atom stereocenters. The number of aromatic nitrogens is 4. The summed E-state index contributed by atoms with van der Waals surface area (Å²) in [4.78, 5) is 0. The van der Waals surface area contributed by atoms with Crippen molar-refractivity contribution in [1.29, 1.82) is 0 Å². The second kappa shape index (κ2) is 5.91. The first-order valence-electron chi connectivity index (χ1n) is 8.40. The molecule has 0 saturated heterocycles. The van der Waals surface area contributed by atoms with E-state index in [0.717, 1.165) is 34.8 Å². The van der Waals surface area contributed by atoms with Gasteiger partial charge in [0, 0.05) is 0 Å². The summed E-state index contributed by atoms with van der Waals surface area (Å²) >= 11 is 0. The number of methoxy groups -OCH3 is 1. The summed E-state index contributed by atoms with van der Waals surface area (Å²) in [6.45, 7) is 0.265. The third-order valence-electron chi connectivity index (χ3n) is 4.83. The van der Waals surface area contributed by atoms with Crippen molar-refractivity contribution in [2.45, 2.75) is 18.5 Å². The number of nitrogens with one attached hydrogen (secondary N) is 1. The summed E-state index contributed by atoms with van der Waals surface area (Å²) in [6, 6.07) is 14.1. The van der Waals surface area contributed by atoms with Gasteiger partial charge in [-0.25, -0.2) is 4.68 Å². The number of anilines is 1. The lowest BCUT2D eigenvalue weighted by Gasteiger charge is -2.31. The highest BCUT2D eigenvalue weighted by Gasteiger charge is 2.31. The normalized spacial score (nSPS) is 20.3. The maximum Gasteiger partial charge on any atom is 0.243 e. The first-order chi connectivity index (χ1) is 12.8. The van der Waals surface area contributed by atoms with Gasteiger partial charge in [-0.3, -0.25) is 0 Å². The highest BCUT2D eigenvalue weighted by atomic mass is 16.7. The molecule has 2 aromatic carbocycles. The number of benzene rings is 2. The molecule has 26 heavy (non-hydrogen) atoms. The highest BCUT2D eigenvalue weighted by Crippen LogP contribution is 2.41. The van der Waals surface area contributed by atoms with E-state index >= 15 is 0 Å². The Kier molecular flexibility index (Phi) is 3.41. The number of fused-ring (bicyclic) bond motifs is 2. The molecule has 132 valence electrons. The van der Waals surface area contributed by atoms with Crippen LogP contribution < -0.4 is 19.5 Å². The van der Waals surface area contributed by atoms with Crippen LogP contribution in [0.3, 0.4) is 0 Å². The fraction of sp³-hybridized carbons (Fsp3) is 0.278. The Balaban J connectivity index is 1.52. The smallest absolute Gasteiger partial charge is 0.243 e. The van der Waals surface area contributed by atoms with Crippen molar-refractivity contribution < 1.29 is 14.2 Å². The number of ether oxygens (including phenoxy) is 3. The number of hydrogen-bond acceptors (Lipinski definition) is 7. The first-order valence-corrected chi connectivity index (χ1v) is 8.40. The average Bonchev–Trinajstić information content (AvgIpc) is 3.35. The van der Waals surface area contributed by atoms with Crippen molar-refractivity contribution >= 4 is 5.95 Å². The van der Waals surface area contributed by atoms with Gasteiger partial charge in [0.05, 0.1) is 19.2 Å². The van der Waals surface area contributed by atoms with Crippen LogP contribution in [0.1, 0.15) is 29.6 Å². The van der Waals surface area contributed by atoms with Crippen LogP contribution in [-0.2, 0) is 0 Å². The average molecular weight is 351 g/mol. The number of hydrogen-bond donors (Lipinski definition) is 1. The molecule has 2 aliphatic heterocycles. The fourth-order valence-electron chi connectivity index (χ4n) is 3.51. The second-order valence-electron chi connectivity index (χ2n) is 6.28. The SMILES string of the molecule is COc1cccc(C2CC(c3ccc4c(c3)OCO4)Nc3nnnn32)c1. The van der Waals surface area contributed by atoms with E-state index in [-0.39, 0.29) is 18.9 Å². The van der Waals surface area contributed by atoms with E-state index in [2.05, 4.69) is 26.9 Å².